The molecule has 0 atom stereocenters. The van der Waals surface area contributed by atoms with E-state index in [0.29, 0.717) is 17.2 Å². The summed E-state index contributed by atoms with van der Waals surface area (Å²) in [5.74, 6) is 0.300. The molecule has 2 aromatic heterocycles. The van der Waals surface area contributed by atoms with E-state index in [2.05, 4.69) is 30.8 Å². The Morgan fingerprint density at radius 3 is 2.90 bits per heavy atom. The maximum Gasteiger partial charge on any atom is 0.275 e. The first-order valence-electron chi connectivity index (χ1n) is 5.86. The molecule has 0 aliphatic carbocycles. The van der Waals surface area contributed by atoms with Gasteiger partial charge >= 0.3 is 0 Å². The number of amides is 1. The van der Waals surface area contributed by atoms with Crippen molar-refractivity contribution in [3.63, 3.8) is 0 Å². The molecule has 0 spiro atoms. The molecule has 2 N–H and O–H groups in total. The van der Waals surface area contributed by atoms with Gasteiger partial charge in [-0.15, -0.1) is 5.10 Å². The van der Waals surface area contributed by atoms with Gasteiger partial charge in [0, 0.05) is 12.6 Å². The lowest BCUT2D eigenvalue weighted by Gasteiger charge is -2.08. The van der Waals surface area contributed by atoms with E-state index < -0.39 is 0 Å². The molecule has 0 unspecified atom stereocenters. The summed E-state index contributed by atoms with van der Waals surface area (Å²) in [6, 6.07) is 7.33. The van der Waals surface area contributed by atoms with E-state index in [9.17, 15) is 4.79 Å². The van der Waals surface area contributed by atoms with Crippen molar-refractivity contribution in [3.8, 4) is 11.4 Å². The zero-order valence-corrected chi connectivity index (χ0v) is 10.6. The van der Waals surface area contributed by atoms with Crippen LogP contribution >= 0.6 is 0 Å². The van der Waals surface area contributed by atoms with Gasteiger partial charge in [0.1, 0.15) is 12.0 Å². The second kappa shape index (κ2) is 4.92. The Labute approximate surface area is 113 Å². The largest absolute Gasteiger partial charge is 0.320 e. The molecule has 1 amide bonds. The number of anilines is 1. The molecule has 0 aliphatic heterocycles. The number of H-pyrrole nitrogens is 1. The Morgan fingerprint density at radius 1 is 1.35 bits per heavy atom. The van der Waals surface area contributed by atoms with Crippen LogP contribution in [-0.2, 0) is 7.05 Å². The molecule has 0 bridgehead atoms. The standard InChI is InChI=1S/C12H11N7O/c1-19-10(6-14-18-19)12(20)16-9-5-3-2-4-8(9)11-13-7-15-17-11/h2-7H,1H3,(H,16,20)(H,13,15,17). The number of benzene rings is 1. The van der Waals surface area contributed by atoms with E-state index >= 15 is 0 Å². The summed E-state index contributed by atoms with van der Waals surface area (Å²) >= 11 is 0. The van der Waals surface area contributed by atoms with Crippen LogP contribution in [0.5, 0.6) is 0 Å². The lowest BCUT2D eigenvalue weighted by atomic mass is 10.1. The lowest BCUT2D eigenvalue weighted by Crippen LogP contribution is -2.16. The van der Waals surface area contributed by atoms with Gasteiger partial charge in [0.25, 0.3) is 5.91 Å². The number of carbonyl (C=O) groups excluding carboxylic acids is 1. The molecule has 0 aliphatic rings. The predicted octanol–water partition coefficient (Wildman–Crippen LogP) is 0.852. The van der Waals surface area contributed by atoms with Crippen LogP contribution in [0, 0.1) is 0 Å². The van der Waals surface area contributed by atoms with E-state index in [0.717, 1.165) is 5.56 Å². The smallest absolute Gasteiger partial charge is 0.275 e. The van der Waals surface area contributed by atoms with Crippen molar-refractivity contribution < 1.29 is 4.79 Å². The molecule has 0 saturated heterocycles. The predicted molar refractivity (Wildman–Crippen MR) is 70.8 cm³/mol. The van der Waals surface area contributed by atoms with Crippen LogP contribution in [0.1, 0.15) is 10.5 Å². The highest BCUT2D eigenvalue weighted by molar-refractivity contribution is 6.04. The molecule has 3 aromatic rings. The highest BCUT2D eigenvalue weighted by Gasteiger charge is 2.14. The normalized spacial score (nSPS) is 10.4. The average Bonchev–Trinajstić information content (AvgIpc) is 3.10. The van der Waals surface area contributed by atoms with E-state index in [1.807, 2.05) is 18.2 Å². The molecule has 8 heteroatoms. The molecular formula is C12H11N7O. The number of para-hydroxylation sites is 1. The van der Waals surface area contributed by atoms with Crippen molar-refractivity contribution in [1.82, 2.24) is 30.2 Å². The Morgan fingerprint density at radius 2 is 2.20 bits per heavy atom. The van der Waals surface area contributed by atoms with Gasteiger partial charge in [-0.3, -0.25) is 9.89 Å². The molecule has 2 heterocycles. The Balaban J connectivity index is 1.92. The monoisotopic (exact) mass is 269 g/mol. The van der Waals surface area contributed by atoms with Gasteiger partial charge in [-0.25, -0.2) is 9.67 Å². The number of hydrogen-bond acceptors (Lipinski definition) is 5. The minimum absolute atomic E-state index is 0.288. The maximum absolute atomic E-state index is 12.2. The number of hydrogen-bond donors (Lipinski definition) is 2. The minimum atomic E-state index is -0.288. The summed E-state index contributed by atoms with van der Waals surface area (Å²) in [6.07, 6.45) is 2.82. The first-order chi connectivity index (χ1) is 9.75. The van der Waals surface area contributed by atoms with Crippen molar-refractivity contribution in [1.29, 1.82) is 0 Å². The number of nitrogens with zero attached hydrogens (tertiary/aromatic N) is 5. The second-order valence-corrected chi connectivity index (χ2v) is 4.08. The fourth-order valence-corrected chi connectivity index (χ4v) is 1.82. The summed E-state index contributed by atoms with van der Waals surface area (Å²) in [6.45, 7) is 0. The van der Waals surface area contributed by atoms with Crippen LogP contribution < -0.4 is 5.32 Å². The van der Waals surface area contributed by atoms with Crippen LogP contribution in [0.4, 0.5) is 5.69 Å². The van der Waals surface area contributed by atoms with E-state index in [4.69, 9.17) is 0 Å². The molecular weight excluding hydrogens is 258 g/mol. The van der Waals surface area contributed by atoms with Crippen LogP contribution in [0.2, 0.25) is 0 Å². The minimum Gasteiger partial charge on any atom is -0.320 e. The Kier molecular flexibility index (Phi) is 2.96. The van der Waals surface area contributed by atoms with Crippen molar-refractivity contribution in [2.24, 2.45) is 7.05 Å². The molecule has 3 rings (SSSR count). The van der Waals surface area contributed by atoms with Gasteiger partial charge < -0.3 is 5.32 Å². The number of carbonyl (C=O) groups is 1. The van der Waals surface area contributed by atoms with Gasteiger partial charge in [0.05, 0.1) is 11.9 Å². The SMILES string of the molecule is Cn1nncc1C(=O)Nc1ccccc1-c1ncn[nH]1. The maximum atomic E-state index is 12.2. The second-order valence-electron chi connectivity index (χ2n) is 4.08. The Hall–Kier alpha value is -3.03. The van der Waals surface area contributed by atoms with Crippen LogP contribution in [0.15, 0.2) is 36.8 Å². The highest BCUT2D eigenvalue weighted by Crippen LogP contribution is 2.24. The zero-order chi connectivity index (χ0) is 13.9. The fraction of sp³-hybridized carbons (Fsp3) is 0.0833. The number of aromatic amines is 1. The first kappa shape index (κ1) is 12.0. The van der Waals surface area contributed by atoms with Gasteiger partial charge in [0.2, 0.25) is 0 Å². The van der Waals surface area contributed by atoms with Gasteiger partial charge in [-0.1, -0.05) is 17.3 Å². The highest BCUT2D eigenvalue weighted by atomic mass is 16.2. The van der Waals surface area contributed by atoms with Crippen LogP contribution in [0.25, 0.3) is 11.4 Å². The van der Waals surface area contributed by atoms with Gasteiger partial charge in [-0.05, 0) is 12.1 Å². The van der Waals surface area contributed by atoms with Crippen molar-refractivity contribution in [2.75, 3.05) is 5.32 Å². The zero-order valence-electron chi connectivity index (χ0n) is 10.6. The van der Waals surface area contributed by atoms with Crippen molar-refractivity contribution in [3.05, 3.63) is 42.5 Å². The summed E-state index contributed by atoms with van der Waals surface area (Å²) in [4.78, 5) is 16.2. The van der Waals surface area contributed by atoms with E-state index in [-0.39, 0.29) is 5.91 Å². The third-order valence-electron chi connectivity index (χ3n) is 2.79. The topological polar surface area (TPSA) is 101 Å². The number of aryl methyl sites for hydroxylation is 1. The van der Waals surface area contributed by atoms with Crippen LogP contribution in [0.3, 0.4) is 0 Å². The molecule has 0 fully saturated rings. The fourth-order valence-electron chi connectivity index (χ4n) is 1.82. The Bertz CT molecular complexity index is 732. The molecule has 8 nitrogen and oxygen atoms in total. The lowest BCUT2D eigenvalue weighted by molar-refractivity contribution is 0.101. The summed E-state index contributed by atoms with van der Waals surface area (Å²) in [5, 5.41) is 16.8. The summed E-state index contributed by atoms with van der Waals surface area (Å²) in [7, 11) is 1.66. The molecule has 0 saturated carbocycles. The quantitative estimate of drug-likeness (QED) is 0.734. The van der Waals surface area contributed by atoms with Gasteiger partial charge in [-0.2, -0.15) is 5.10 Å². The number of aromatic nitrogens is 6. The van der Waals surface area contributed by atoms with Gasteiger partial charge in [0.15, 0.2) is 5.82 Å². The molecule has 20 heavy (non-hydrogen) atoms. The summed E-state index contributed by atoms with van der Waals surface area (Å²) in [5.41, 5.74) is 1.77. The van der Waals surface area contributed by atoms with E-state index in [1.165, 1.54) is 17.2 Å². The van der Waals surface area contributed by atoms with E-state index in [1.54, 1.807) is 13.1 Å². The molecule has 1 aromatic carbocycles. The number of rotatable bonds is 3. The number of nitrogens with one attached hydrogen (secondary N) is 2. The van der Waals surface area contributed by atoms with Crippen molar-refractivity contribution >= 4 is 11.6 Å². The molecule has 100 valence electrons. The summed E-state index contributed by atoms with van der Waals surface area (Å²) < 4.78 is 1.41. The average molecular weight is 269 g/mol. The first-order valence-corrected chi connectivity index (χ1v) is 5.86. The third-order valence-corrected chi connectivity index (χ3v) is 2.79. The molecule has 0 radical (unpaired) electrons. The van der Waals surface area contributed by atoms with Crippen molar-refractivity contribution in [2.45, 2.75) is 0 Å². The van der Waals surface area contributed by atoms with Crippen LogP contribution in [-0.4, -0.2) is 36.1 Å². The third kappa shape index (κ3) is 2.14.